The third-order valence-corrected chi connectivity index (χ3v) is 4.76. The van der Waals surface area contributed by atoms with Gasteiger partial charge in [-0.25, -0.2) is 4.79 Å². The zero-order valence-corrected chi connectivity index (χ0v) is 13.2. The molecule has 1 amide bonds. The van der Waals surface area contributed by atoms with Gasteiger partial charge in [-0.3, -0.25) is 0 Å². The predicted octanol–water partition coefficient (Wildman–Crippen LogP) is 3.75. The lowest BCUT2D eigenvalue weighted by molar-refractivity contribution is 0.0500. The van der Waals surface area contributed by atoms with Gasteiger partial charge in [0.2, 0.25) is 0 Å². The van der Waals surface area contributed by atoms with Gasteiger partial charge in [0.1, 0.15) is 5.60 Å². The Morgan fingerprint density at radius 2 is 2.05 bits per heavy atom. The molecule has 0 unspecified atom stereocenters. The molecule has 19 heavy (non-hydrogen) atoms. The van der Waals surface area contributed by atoms with Crippen molar-refractivity contribution in [3.8, 4) is 0 Å². The van der Waals surface area contributed by atoms with Gasteiger partial charge in [-0.15, -0.1) is 11.3 Å². The van der Waals surface area contributed by atoms with Crippen molar-refractivity contribution in [1.82, 2.24) is 5.32 Å². The Hall–Kier alpha value is -1.03. The average molecular weight is 281 g/mol. The maximum atomic E-state index is 11.8. The van der Waals surface area contributed by atoms with Crippen molar-refractivity contribution in [1.29, 1.82) is 0 Å². The first kappa shape index (κ1) is 14.4. The molecule has 0 radical (unpaired) electrons. The van der Waals surface area contributed by atoms with Crippen LogP contribution in [0.25, 0.3) is 0 Å². The number of rotatable bonds is 1. The van der Waals surface area contributed by atoms with Crippen LogP contribution in [0.15, 0.2) is 0 Å². The molecule has 0 bridgehead atoms. The normalized spacial score (nSPS) is 18.9. The van der Waals surface area contributed by atoms with Gasteiger partial charge in [-0.05, 0) is 58.6 Å². The number of carbonyl (C=O) groups is 1. The molecule has 1 aromatic rings. The quantitative estimate of drug-likeness (QED) is 0.851. The van der Waals surface area contributed by atoms with E-state index < -0.39 is 5.60 Å². The molecule has 1 atom stereocenters. The van der Waals surface area contributed by atoms with Gasteiger partial charge in [-0.1, -0.05) is 0 Å². The third-order valence-electron chi connectivity index (χ3n) is 3.49. The molecule has 0 fully saturated rings. The van der Waals surface area contributed by atoms with Crippen molar-refractivity contribution < 1.29 is 9.53 Å². The third kappa shape index (κ3) is 3.50. The molecular weight excluding hydrogens is 258 g/mol. The van der Waals surface area contributed by atoms with Crippen LogP contribution >= 0.6 is 11.3 Å². The number of amides is 1. The summed E-state index contributed by atoms with van der Waals surface area (Å²) in [4.78, 5) is 14.6. The van der Waals surface area contributed by atoms with Gasteiger partial charge in [0.15, 0.2) is 0 Å². The highest BCUT2D eigenvalue weighted by Crippen LogP contribution is 2.33. The van der Waals surface area contributed by atoms with Crippen LogP contribution in [0.5, 0.6) is 0 Å². The van der Waals surface area contributed by atoms with Gasteiger partial charge in [0.05, 0.1) is 0 Å². The van der Waals surface area contributed by atoms with Crippen LogP contribution in [-0.2, 0) is 17.6 Å². The fraction of sp³-hybridized carbons (Fsp3) is 0.667. The Morgan fingerprint density at radius 1 is 1.37 bits per heavy atom. The second-order valence-corrected chi connectivity index (χ2v) is 7.58. The zero-order valence-electron chi connectivity index (χ0n) is 12.4. The molecule has 4 heteroatoms. The summed E-state index contributed by atoms with van der Waals surface area (Å²) in [7, 11) is 0. The van der Waals surface area contributed by atoms with Crippen LogP contribution in [0.2, 0.25) is 0 Å². The maximum absolute atomic E-state index is 11.8. The highest BCUT2D eigenvalue weighted by molar-refractivity contribution is 7.12. The van der Waals surface area contributed by atoms with Crippen molar-refractivity contribution in [3.05, 3.63) is 20.9 Å². The molecule has 0 saturated carbocycles. The van der Waals surface area contributed by atoms with E-state index in [2.05, 4.69) is 19.2 Å². The number of carbonyl (C=O) groups excluding carboxylic acids is 1. The summed E-state index contributed by atoms with van der Waals surface area (Å²) in [6.45, 7) is 10.0. The highest BCUT2D eigenvalue weighted by atomic mass is 32.1. The lowest BCUT2D eigenvalue weighted by atomic mass is 9.92. The predicted molar refractivity (Wildman–Crippen MR) is 79.0 cm³/mol. The first-order valence-electron chi connectivity index (χ1n) is 6.83. The van der Waals surface area contributed by atoms with Gasteiger partial charge in [-0.2, -0.15) is 0 Å². The van der Waals surface area contributed by atoms with Gasteiger partial charge >= 0.3 is 6.09 Å². The minimum Gasteiger partial charge on any atom is -0.444 e. The number of alkyl carbamates (subject to hydrolysis) is 1. The maximum Gasteiger partial charge on any atom is 0.407 e. The summed E-state index contributed by atoms with van der Waals surface area (Å²) in [6, 6.07) is 0.208. The van der Waals surface area contributed by atoms with Crippen LogP contribution < -0.4 is 5.32 Å². The zero-order chi connectivity index (χ0) is 14.2. The summed E-state index contributed by atoms with van der Waals surface area (Å²) in [5.74, 6) is 0. The second kappa shape index (κ2) is 5.16. The number of ether oxygens (including phenoxy) is 1. The summed E-state index contributed by atoms with van der Waals surface area (Å²) >= 11 is 1.87. The molecule has 0 aliphatic heterocycles. The average Bonchev–Trinajstić information content (AvgIpc) is 2.51. The number of hydrogen-bond donors (Lipinski definition) is 1. The Bertz CT molecular complexity index is 485. The number of aryl methyl sites for hydroxylation is 1. The summed E-state index contributed by atoms with van der Waals surface area (Å²) in [5, 5.41) is 2.99. The fourth-order valence-corrected chi connectivity index (χ4v) is 3.79. The smallest absolute Gasteiger partial charge is 0.407 e. The highest BCUT2D eigenvalue weighted by Gasteiger charge is 2.25. The van der Waals surface area contributed by atoms with E-state index in [0.29, 0.717) is 0 Å². The van der Waals surface area contributed by atoms with E-state index in [1.54, 1.807) is 0 Å². The lowest BCUT2D eigenvalue weighted by Gasteiger charge is -2.26. The molecule has 0 aromatic carbocycles. The van der Waals surface area contributed by atoms with Crippen LogP contribution in [-0.4, -0.2) is 17.7 Å². The minimum atomic E-state index is -0.431. The second-order valence-electron chi connectivity index (χ2n) is 6.27. The largest absolute Gasteiger partial charge is 0.444 e. The molecule has 2 rings (SSSR count). The van der Waals surface area contributed by atoms with E-state index in [1.165, 1.54) is 20.9 Å². The number of fused-ring (bicyclic) bond motifs is 1. The van der Waals surface area contributed by atoms with Crippen LogP contribution in [0.1, 0.15) is 48.1 Å². The van der Waals surface area contributed by atoms with E-state index >= 15 is 0 Å². The Labute approximate surface area is 119 Å². The number of hydrogen-bond acceptors (Lipinski definition) is 3. The molecule has 1 aliphatic carbocycles. The van der Waals surface area contributed by atoms with Gasteiger partial charge < -0.3 is 10.1 Å². The Balaban J connectivity index is 1.97. The minimum absolute atomic E-state index is 0.208. The van der Waals surface area contributed by atoms with E-state index in [-0.39, 0.29) is 12.1 Å². The van der Waals surface area contributed by atoms with E-state index in [1.807, 2.05) is 32.1 Å². The standard InChI is InChI=1S/C15H23NO2S/c1-9-10(2)19-13-8-11(6-7-12(9)13)16-14(17)18-15(3,4)5/h11H,6-8H2,1-5H3,(H,16,17)/t11-/m1/s1. The van der Waals surface area contributed by atoms with E-state index in [0.717, 1.165) is 19.3 Å². The molecule has 0 saturated heterocycles. The van der Waals surface area contributed by atoms with Crippen LogP contribution in [0.4, 0.5) is 4.79 Å². The molecule has 106 valence electrons. The Kier molecular flexibility index (Phi) is 3.90. The van der Waals surface area contributed by atoms with Crippen molar-refractivity contribution in [2.24, 2.45) is 0 Å². The molecule has 1 heterocycles. The van der Waals surface area contributed by atoms with Gasteiger partial charge in [0, 0.05) is 22.2 Å². The monoisotopic (exact) mass is 281 g/mol. The van der Waals surface area contributed by atoms with Gasteiger partial charge in [0.25, 0.3) is 0 Å². The SMILES string of the molecule is Cc1sc2c(c1C)CC[C@@H](NC(=O)OC(C)(C)C)C2. The molecule has 1 aliphatic rings. The van der Waals surface area contributed by atoms with E-state index in [4.69, 9.17) is 4.74 Å². The topological polar surface area (TPSA) is 38.3 Å². The van der Waals surface area contributed by atoms with Crippen molar-refractivity contribution in [2.75, 3.05) is 0 Å². The lowest BCUT2D eigenvalue weighted by Crippen LogP contribution is -2.41. The summed E-state index contributed by atoms with van der Waals surface area (Å²) in [5.41, 5.74) is 2.51. The Morgan fingerprint density at radius 3 is 2.68 bits per heavy atom. The molecule has 1 N–H and O–H groups in total. The number of thiophene rings is 1. The summed E-state index contributed by atoms with van der Waals surface area (Å²) < 4.78 is 5.31. The summed E-state index contributed by atoms with van der Waals surface area (Å²) in [6.07, 6.45) is 2.70. The van der Waals surface area contributed by atoms with Crippen molar-refractivity contribution in [2.45, 2.75) is 65.5 Å². The first-order valence-corrected chi connectivity index (χ1v) is 7.65. The van der Waals surface area contributed by atoms with Crippen molar-refractivity contribution >= 4 is 17.4 Å². The molecule has 0 spiro atoms. The molecular formula is C15H23NO2S. The first-order chi connectivity index (χ1) is 8.76. The van der Waals surface area contributed by atoms with Crippen LogP contribution in [0, 0.1) is 13.8 Å². The molecule has 3 nitrogen and oxygen atoms in total. The number of nitrogens with one attached hydrogen (secondary N) is 1. The van der Waals surface area contributed by atoms with Crippen LogP contribution in [0.3, 0.4) is 0 Å². The van der Waals surface area contributed by atoms with E-state index in [9.17, 15) is 4.79 Å². The molecule has 1 aromatic heterocycles. The fourth-order valence-electron chi connectivity index (χ4n) is 2.48. The van der Waals surface area contributed by atoms with Crippen molar-refractivity contribution in [3.63, 3.8) is 0 Å².